The minimum absolute atomic E-state index is 0.0790. The maximum atomic E-state index is 13.0. The monoisotopic (exact) mass is 434 g/mol. The van der Waals surface area contributed by atoms with E-state index in [9.17, 15) is 19.7 Å². The Bertz CT molecular complexity index is 1210. The fourth-order valence-electron chi connectivity index (χ4n) is 3.14. The second-order valence-corrected chi connectivity index (χ2v) is 8.26. The molecule has 0 aliphatic rings. The van der Waals surface area contributed by atoms with Crippen LogP contribution in [-0.4, -0.2) is 18.6 Å². The van der Waals surface area contributed by atoms with Gasteiger partial charge in [0.15, 0.2) is 0 Å². The largest absolute Gasteiger partial charge is 0.339 e. The van der Waals surface area contributed by atoms with Crippen LogP contribution >= 0.6 is 15.9 Å². The Morgan fingerprint density at radius 2 is 1.74 bits per heavy atom. The van der Waals surface area contributed by atoms with Gasteiger partial charge < -0.3 is 4.57 Å². The third-order valence-electron chi connectivity index (χ3n) is 4.58. The van der Waals surface area contributed by atoms with E-state index in [2.05, 4.69) is 15.9 Å². The maximum absolute atomic E-state index is 13.0. The molecule has 1 aromatic carbocycles. The molecule has 0 radical (unpaired) electrons. The van der Waals surface area contributed by atoms with Crippen LogP contribution in [0.5, 0.6) is 0 Å². The van der Waals surface area contributed by atoms with Crippen LogP contribution in [0.4, 0.5) is 5.69 Å². The molecular weight excluding hydrogens is 416 g/mol. The molecular formula is C18H19BrN4O4. The standard InChI is InChI=1S/C18H19BrN4O4/c1-18(2,3)22-9-13-14(16(24)21(5)17(25)20(13)4)15(22)11-8-10(23(26)27)6-7-12(11)19/h6-9H,1-5H3. The lowest BCUT2D eigenvalue weighted by molar-refractivity contribution is -0.384. The van der Waals surface area contributed by atoms with E-state index in [4.69, 9.17) is 0 Å². The van der Waals surface area contributed by atoms with Crippen molar-refractivity contribution in [2.75, 3.05) is 0 Å². The zero-order valence-corrected chi connectivity index (χ0v) is 17.2. The number of aromatic nitrogens is 3. The number of benzene rings is 1. The topological polar surface area (TPSA) is 92.1 Å². The Balaban J connectivity index is 2.60. The lowest BCUT2D eigenvalue weighted by atomic mass is 10.0. The van der Waals surface area contributed by atoms with Crippen molar-refractivity contribution >= 4 is 32.5 Å². The minimum Gasteiger partial charge on any atom is -0.339 e. The van der Waals surface area contributed by atoms with E-state index in [1.165, 1.54) is 23.7 Å². The van der Waals surface area contributed by atoms with Crippen molar-refractivity contribution in [3.63, 3.8) is 0 Å². The van der Waals surface area contributed by atoms with Crippen molar-refractivity contribution in [2.24, 2.45) is 14.1 Å². The second-order valence-electron chi connectivity index (χ2n) is 7.41. The van der Waals surface area contributed by atoms with E-state index >= 15 is 0 Å². The van der Waals surface area contributed by atoms with Crippen molar-refractivity contribution in [3.05, 3.63) is 59.8 Å². The van der Waals surface area contributed by atoms with Gasteiger partial charge in [-0.25, -0.2) is 4.79 Å². The fraction of sp³-hybridized carbons (Fsp3) is 0.333. The minimum atomic E-state index is -0.476. The molecule has 0 spiro atoms. The molecule has 0 amide bonds. The van der Waals surface area contributed by atoms with Gasteiger partial charge in [0.25, 0.3) is 11.2 Å². The first-order chi connectivity index (χ1) is 12.4. The molecule has 0 N–H and O–H groups in total. The van der Waals surface area contributed by atoms with Gasteiger partial charge in [0.2, 0.25) is 0 Å². The number of non-ortho nitro benzene ring substituents is 1. The Morgan fingerprint density at radius 1 is 1.11 bits per heavy atom. The molecule has 0 unspecified atom stereocenters. The molecule has 8 nitrogen and oxygen atoms in total. The van der Waals surface area contributed by atoms with Crippen LogP contribution in [-0.2, 0) is 19.6 Å². The van der Waals surface area contributed by atoms with Crippen molar-refractivity contribution in [1.82, 2.24) is 13.7 Å². The number of rotatable bonds is 2. The Labute approximate surface area is 162 Å². The molecule has 0 saturated carbocycles. The molecule has 0 atom stereocenters. The predicted octanol–water partition coefficient (Wildman–Crippen LogP) is 3.13. The number of hydrogen-bond acceptors (Lipinski definition) is 4. The average Bonchev–Trinajstić information content (AvgIpc) is 2.99. The number of hydrogen-bond donors (Lipinski definition) is 0. The number of halogens is 1. The van der Waals surface area contributed by atoms with Crippen LogP contribution in [0, 0.1) is 10.1 Å². The zero-order chi connectivity index (χ0) is 20.3. The molecule has 2 aromatic heterocycles. The normalized spacial score (nSPS) is 11.9. The van der Waals surface area contributed by atoms with Crippen LogP contribution in [0.25, 0.3) is 22.2 Å². The van der Waals surface area contributed by atoms with E-state index < -0.39 is 21.7 Å². The smallest absolute Gasteiger partial charge is 0.330 e. The Hall–Kier alpha value is -2.68. The van der Waals surface area contributed by atoms with Crippen molar-refractivity contribution in [1.29, 1.82) is 0 Å². The molecule has 0 saturated heterocycles. The number of nitrogens with zero attached hydrogens (tertiary/aromatic N) is 4. The van der Waals surface area contributed by atoms with Gasteiger partial charge >= 0.3 is 5.69 Å². The number of nitro benzene ring substituents is 1. The lowest BCUT2D eigenvalue weighted by Gasteiger charge is -2.25. The summed E-state index contributed by atoms with van der Waals surface area (Å²) in [6.45, 7) is 5.88. The van der Waals surface area contributed by atoms with Crippen molar-refractivity contribution in [2.45, 2.75) is 26.3 Å². The summed E-state index contributed by atoms with van der Waals surface area (Å²) < 4.78 is 4.95. The zero-order valence-electron chi connectivity index (χ0n) is 15.6. The number of aryl methyl sites for hydroxylation is 1. The second kappa shape index (κ2) is 6.19. The quantitative estimate of drug-likeness (QED) is 0.457. The van der Waals surface area contributed by atoms with Crippen LogP contribution in [0.3, 0.4) is 0 Å². The summed E-state index contributed by atoms with van der Waals surface area (Å²) in [6, 6.07) is 4.42. The summed E-state index contributed by atoms with van der Waals surface area (Å²) in [4.78, 5) is 36.1. The first kappa shape index (κ1) is 19.1. The summed E-state index contributed by atoms with van der Waals surface area (Å²) in [7, 11) is 3.02. The maximum Gasteiger partial charge on any atom is 0.330 e. The third kappa shape index (κ3) is 2.91. The first-order valence-electron chi connectivity index (χ1n) is 8.21. The Morgan fingerprint density at radius 3 is 2.30 bits per heavy atom. The van der Waals surface area contributed by atoms with Crippen LogP contribution in [0.1, 0.15) is 20.8 Å². The highest BCUT2D eigenvalue weighted by Crippen LogP contribution is 2.38. The summed E-state index contributed by atoms with van der Waals surface area (Å²) in [5.74, 6) is 0. The van der Waals surface area contributed by atoms with Gasteiger partial charge in [-0.15, -0.1) is 0 Å². The SMILES string of the molecule is Cn1c(=O)c2c(-c3cc([N+](=O)[O-])ccc3Br)n(C(C)(C)C)cc2n(C)c1=O. The van der Waals surface area contributed by atoms with E-state index in [0.29, 0.717) is 26.6 Å². The summed E-state index contributed by atoms with van der Waals surface area (Å²) in [5.41, 5.74) is 0.150. The van der Waals surface area contributed by atoms with Crippen LogP contribution in [0.2, 0.25) is 0 Å². The van der Waals surface area contributed by atoms with Gasteiger partial charge in [0.1, 0.15) is 0 Å². The van der Waals surface area contributed by atoms with Crippen molar-refractivity contribution in [3.8, 4) is 11.3 Å². The molecule has 27 heavy (non-hydrogen) atoms. The molecule has 3 aromatic rings. The van der Waals surface area contributed by atoms with Crippen LogP contribution in [0.15, 0.2) is 38.5 Å². The van der Waals surface area contributed by atoms with Gasteiger partial charge in [-0.1, -0.05) is 15.9 Å². The van der Waals surface area contributed by atoms with Gasteiger partial charge in [0.05, 0.1) is 21.5 Å². The summed E-state index contributed by atoms with van der Waals surface area (Å²) >= 11 is 3.45. The average molecular weight is 435 g/mol. The first-order valence-corrected chi connectivity index (χ1v) is 9.00. The molecule has 2 heterocycles. The van der Waals surface area contributed by atoms with E-state index in [1.807, 2.05) is 25.3 Å². The fourth-order valence-corrected chi connectivity index (χ4v) is 3.58. The van der Waals surface area contributed by atoms with Crippen LogP contribution < -0.4 is 11.2 Å². The molecule has 0 bridgehead atoms. The van der Waals surface area contributed by atoms with Gasteiger partial charge in [0, 0.05) is 48.0 Å². The molecule has 0 fully saturated rings. The number of nitro groups is 1. The highest BCUT2D eigenvalue weighted by atomic mass is 79.9. The van der Waals surface area contributed by atoms with E-state index in [-0.39, 0.29) is 5.69 Å². The Kier molecular flexibility index (Phi) is 4.38. The van der Waals surface area contributed by atoms with Gasteiger partial charge in [-0.2, -0.15) is 0 Å². The van der Waals surface area contributed by atoms with E-state index in [1.54, 1.807) is 19.3 Å². The number of fused-ring (bicyclic) bond motifs is 1. The summed E-state index contributed by atoms with van der Waals surface area (Å²) in [6.07, 6.45) is 1.75. The molecule has 3 rings (SSSR count). The van der Waals surface area contributed by atoms with E-state index in [0.717, 1.165) is 4.57 Å². The molecule has 0 aliphatic carbocycles. The predicted molar refractivity (Wildman–Crippen MR) is 107 cm³/mol. The summed E-state index contributed by atoms with van der Waals surface area (Å²) in [5, 5.41) is 11.6. The molecule has 9 heteroatoms. The molecule has 142 valence electrons. The van der Waals surface area contributed by atoms with Crippen molar-refractivity contribution < 1.29 is 4.92 Å². The highest BCUT2D eigenvalue weighted by Gasteiger charge is 2.27. The highest BCUT2D eigenvalue weighted by molar-refractivity contribution is 9.10. The molecule has 0 aliphatic heterocycles. The lowest BCUT2D eigenvalue weighted by Crippen LogP contribution is -2.36. The van der Waals surface area contributed by atoms with Gasteiger partial charge in [-0.3, -0.25) is 24.0 Å². The third-order valence-corrected chi connectivity index (χ3v) is 5.27. The van der Waals surface area contributed by atoms with Gasteiger partial charge in [-0.05, 0) is 26.8 Å².